The summed E-state index contributed by atoms with van der Waals surface area (Å²) < 4.78 is 11.6. The zero-order valence-electron chi connectivity index (χ0n) is 20.6. The minimum Gasteiger partial charge on any atom is -0.491 e. The van der Waals surface area contributed by atoms with Gasteiger partial charge in [0.1, 0.15) is 18.1 Å². The van der Waals surface area contributed by atoms with Crippen LogP contribution in [-0.2, 0) is 16.6 Å². The van der Waals surface area contributed by atoms with Gasteiger partial charge < -0.3 is 25.0 Å². The van der Waals surface area contributed by atoms with E-state index in [0.29, 0.717) is 17.9 Å². The summed E-state index contributed by atoms with van der Waals surface area (Å²) in [6.07, 6.45) is -0.475. The molecule has 3 aromatic rings. The maximum absolute atomic E-state index is 13.3. The molecule has 0 saturated heterocycles. The minimum atomic E-state index is -0.808. The molecule has 3 N–H and O–H groups in total. The average molecular weight is 478 g/mol. The van der Waals surface area contributed by atoms with Crippen molar-refractivity contribution >= 4 is 5.91 Å². The van der Waals surface area contributed by atoms with Crippen LogP contribution in [0.3, 0.4) is 0 Å². The van der Waals surface area contributed by atoms with Crippen molar-refractivity contribution in [2.75, 3.05) is 19.8 Å². The lowest BCUT2D eigenvalue weighted by Crippen LogP contribution is -2.42. The van der Waals surface area contributed by atoms with Crippen LogP contribution in [0.5, 0.6) is 11.5 Å². The number of hydrogen-bond acceptors (Lipinski definition) is 5. The van der Waals surface area contributed by atoms with Crippen molar-refractivity contribution in [3.8, 4) is 11.5 Å². The van der Waals surface area contributed by atoms with Gasteiger partial charge >= 0.3 is 0 Å². The maximum Gasteiger partial charge on any atom is 0.261 e. The number of aliphatic hydroxyl groups excluding tert-OH is 2. The van der Waals surface area contributed by atoms with Crippen LogP contribution in [0.2, 0.25) is 0 Å². The van der Waals surface area contributed by atoms with Gasteiger partial charge in [0.2, 0.25) is 0 Å². The Morgan fingerprint density at radius 1 is 0.886 bits per heavy atom. The van der Waals surface area contributed by atoms with Gasteiger partial charge in [-0.15, -0.1) is 0 Å². The number of carbonyl (C=O) groups excluding carboxylic acids is 1. The van der Waals surface area contributed by atoms with E-state index in [1.807, 2.05) is 66.7 Å². The van der Waals surface area contributed by atoms with Crippen LogP contribution >= 0.6 is 0 Å². The van der Waals surface area contributed by atoms with Crippen molar-refractivity contribution in [1.29, 1.82) is 0 Å². The second kappa shape index (κ2) is 12.4. The number of amides is 1. The molecule has 1 amide bonds. The number of carbonyl (C=O) groups is 1. The number of hydrogen-bond donors (Lipinski definition) is 3. The third kappa shape index (κ3) is 7.84. The highest BCUT2D eigenvalue weighted by Crippen LogP contribution is 2.25. The summed E-state index contributed by atoms with van der Waals surface area (Å²) >= 11 is 0. The summed E-state index contributed by atoms with van der Waals surface area (Å²) in [6, 6.07) is 24.0. The molecule has 0 aliphatic heterocycles. The Morgan fingerprint density at radius 3 is 2.09 bits per heavy atom. The predicted molar refractivity (Wildman–Crippen MR) is 137 cm³/mol. The van der Waals surface area contributed by atoms with E-state index in [4.69, 9.17) is 14.6 Å². The van der Waals surface area contributed by atoms with Crippen molar-refractivity contribution in [2.45, 2.75) is 44.8 Å². The molecule has 35 heavy (non-hydrogen) atoms. The fourth-order valence-corrected chi connectivity index (χ4v) is 3.67. The molecule has 0 fully saturated rings. The molecule has 3 aromatic carbocycles. The van der Waals surface area contributed by atoms with Gasteiger partial charge in [-0.3, -0.25) is 4.79 Å². The molecular formula is C29H35NO5. The van der Waals surface area contributed by atoms with E-state index in [1.165, 1.54) is 5.56 Å². The second-order valence-electron chi connectivity index (χ2n) is 9.46. The van der Waals surface area contributed by atoms with Gasteiger partial charge in [0.25, 0.3) is 5.91 Å². The van der Waals surface area contributed by atoms with E-state index in [2.05, 4.69) is 26.1 Å². The molecule has 0 aliphatic rings. The van der Waals surface area contributed by atoms with Crippen molar-refractivity contribution in [1.82, 2.24) is 5.32 Å². The lowest BCUT2D eigenvalue weighted by Gasteiger charge is -2.24. The Hall–Kier alpha value is -3.35. The Morgan fingerprint density at radius 2 is 1.51 bits per heavy atom. The molecule has 186 valence electrons. The molecule has 6 heteroatoms. The van der Waals surface area contributed by atoms with E-state index in [0.717, 1.165) is 11.1 Å². The number of rotatable bonds is 11. The van der Waals surface area contributed by atoms with Gasteiger partial charge in [-0.2, -0.15) is 0 Å². The monoisotopic (exact) mass is 477 g/mol. The molecule has 0 unspecified atom stereocenters. The van der Waals surface area contributed by atoms with E-state index < -0.39 is 12.1 Å². The predicted octanol–water partition coefficient (Wildman–Crippen LogP) is 4.20. The highest BCUT2D eigenvalue weighted by molar-refractivity contribution is 5.82. The lowest BCUT2D eigenvalue weighted by atomic mass is 9.87. The van der Waals surface area contributed by atoms with Crippen LogP contribution in [0, 0.1) is 0 Å². The first kappa shape index (κ1) is 26.3. The van der Waals surface area contributed by atoms with Crippen molar-refractivity contribution in [3.05, 3.63) is 95.6 Å². The van der Waals surface area contributed by atoms with Crippen LogP contribution in [-0.4, -0.2) is 42.0 Å². The molecule has 0 heterocycles. The summed E-state index contributed by atoms with van der Waals surface area (Å²) in [7, 11) is 0. The van der Waals surface area contributed by atoms with E-state index in [-0.39, 0.29) is 31.1 Å². The van der Waals surface area contributed by atoms with Crippen molar-refractivity contribution < 1.29 is 24.5 Å². The van der Waals surface area contributed by atoms with Crippen LogP contribution in [0.25, 0.3) is 0 Å². The summed E-state index contributed by atoms with van der Waals surface area (Å²) in [5, 5.41) is 21.8. The van der Waals surface area contributed by atoms with Gasteiger partial charge in [0.05, 0.1) is 19.3 Å². The fraction of sp³-hybridized carbons (Fsp3) is 0.345. The molecule has 0 bridgehead atoms. The van der Waals surface area contributed by atoms with Crippen molar-refractivity contribution in [3.63, 3.8) is 0 Å². The number of nitrogens with one attached hydrogen (secondary N) is 1. The molecule has 0 aliphatic carbocycles. The smallest absolute Gasteiger partial charge is 0.261 e. The highest BCUT2D eigenvalue weighted by atomic mass is 16.5. The summed E-state index contributed by atoms with van der Waals surface area (Å²) in [6.45, 7) is 6.38. The molecular weight excluding hydrogens is 442 g/mol. The van der Waals surface area contributed by atoms with E-state index in [9.17, 15) is 9.90 Å². The highest BCUT2D eigenvalue weighted by Gasteiger charge is 2.25. The van der Waals surface area contributed by atoms with Crippen LogP contribution in [0.1, 0.15) is 43.5 Å². The van der Waals surface area contributed by atoms with Gasteiger partial charge in [0, 0.05) is 6.42 Å². The molecule has 6 nitrogen and oxygen atoms in total. The molecule has 3 rings (SSSR count). The lowest BCUT2D eigenvalue weighted by molar-refractivity contribution is -0.129. The molecule has 0 saturated carbocycles. The van der Waals surface area contributed by atoms with Gasteiger partial charge in [0.15, 0.2) is 6.10 Å². The molecule has 0 radical (unpaired) electrons. The van der Waals surface area contributed by atoms with Gasteiger partial charge in [-0.05, 0) is 46.4 Å². The Kier molecular flexibility index (Phi) is 9.29. The van der Waals surface area contributed by atoms with Crippen LogP contribution < -0.4 is 14.8 Å². The van der Waals surface area contributed by atoms with Gasteiger partial charge in [-0.1, -0.05) is 75.4 Å². The van der Waals surface area contributed by atoms with Crippen molar-refractivity contribution in [2.24, 2.45) is 0 Å². The first-order chi connectivity index (χ1) is 16.8. The van der Waals surface area contributed by atoms with Crippen LogP contribution in [0.4, 0.5) is 0 Å². The first-order valence-electron chi connectivity index (χ1n) is 11.9. The summed E-state index contributed by atoms with van der Waals surface area (Å²) in [4.78, 5) is 13.3. The number of benzene rings is 3. The topological polar surface area (TPSA) is 88.0 Å². The van der Waals surface area contributed by atoms with E-state index >= 15 is 0 Å². The Balaban J connectivity index is 1.79. The zero-order chi connectivity index (χ0) is 25.3. The van der Waals surface area contributed by atoms with Gasteiger partial charge in [-0.25, -0.2) is 0 Å². The summed E-state index contributed by atoms with van der Waals surface area (Å²) in [5.74, 6) is 0.932. The molecule has 0 aromatic heterocycles. The van der Waals surface area contributed by atoms with E-state index in [1.54, 1.807) is 12.1 Å². The normalized spacial score (nSPS) is 13.1. The molecule has 2 atom stereocenters. The minimum absolute atomic E-state index is 0.0131. The second-order valence-corrected chi connectivity index (χ2v) is 9.46. The SMILES string of the molecule is CC(C)(C)c1ccc(O[C@H](Cc2ccc(OCCO)cc2)C(=O)N[C@@H](CO)c2ccccc2)cc1. The third-order valence-corrected chi connectivity index (χ3v) is 5.70. The van der Waals surface area contributed by atoms with Crippen LogP contribution in [0.15, 0.2) is 78.9 Å². The third-order valence-electron chi connectivity index (χ3n) is 5.70. The number of aliphatic hydroxyl groups is 2. The Labute approximate surface area is 207 Å². The first-order valence-corrected chi connectivity index (χ1v) is 11.9. The quantitative estimate of drug-likeness (QED) is 0.385. The average Bonchev–Trinajstić information content (AvgIpc) is 2.86. The molecule has 0 spiro atoms. The number of ether oxygens (including phenoxy) is 2. The Bertz CT molecular complexity index is 1040. The maximum atomic E-state index is 13.3. The fourth-order valence-electron chi connectivity index (χ4n) is 3.67. The summed E-state index contributed by atoms with van der Waals surface area (Å²) in [5.41, 5.74) is 2.91. The zero-order valence-corrected chi connectivity index (χ0v) is 20.6. The standard InChI is InChI=1S/C29H35NO5/c1-29(2,3)23-11-15-25(16-12-23)35-27(19-21-9-13-24(14-10-21)34-18-17-31)28(33)30-26(20-32)22-7-5-4-6-8-22/h4-16,26-27,31-32H,17-20H2,1-3H3,(H,30,33)/t26-,27+/m0/s1. The largest absolute Gasteiger partial charge is 0.491 e.